The molecule has 2 aromatic heterocycles. The fourth-order valence-electron chi connectivity index (χ4n) is 2.91. The first-order valence-corrected chi connectivity index (χ1v) is 8.22. The van der Waals surface area contributed by atoms with Crippen LogP contribution in [-0.2, 0) is 7.05 Å². The lowest BCUT2D eigenvalue weighted by atomic mass is 9.81. The largest absolute Gasteiger partial charge is 0.351 e. The molecule has 0 saturated carbocycles. The molecule has 114 valence electrons. The van der Waals surface area contributed by atoms with Gasteiger partial charge in [-0.15, -0.1) is 11.3 Å². The monoisotopic (exact) mass is 306 g/mol. The summed E-state index contributed by atoms with van der Waals surface area (Å²) in [6, 6.07) is 1.96. The molecule has 0 unspecified atom stereocenters. The molecule has 1 saturated heterocycles. The first-order chi connectivity index (χ1) is 9.98. The first-order valence-electron chi connectivity index (χ1n) is 7.41. The van der Waals surface area contributed by atoms with Gasteiger partial charge in [-0.2, -0.15) is 5.10 Å². The van der Waals surface area contributed by atoms with E-state index in [0.717, 1.165) is 53.3 Å². The van der Waals surface area contributed by atoms with E-state index in [1.54, 1.807) is 0 Å². The average molecular weight is 306 g/mol. The molecule has 3 heterocycles. The van der Waals surface area contributed by atoms with E-state index in [4.69, 9.17) is 0 Å². The average Bonchev–Trinajstić information content (AvgIpc) is 3.00. The minimum atomic E-state index is 0.0374. The van der Waals surface area contributed by atoms with Crippen LogP contribution in [0.3, 0.4) is 0 Å². The predicted molar refractivity (Wildman–Crippen MR) is 85.9 cm³/mol. The minimum Gasteiger partial charge on any atom is -0.351 e. The highest BCUT2D eigenvalue weighted by molar-refractivity contribution is 7.20. The molecule has 3 rings (SSSR count). The number of hydrogen-bond donors (Lipinski definition) is 2. The van der Waals surface area contributed by atoms with E-state index >= 15 is 0 Å². The molecular weight excluding hydrogens is 284 g/mol. The van der Waals surface area contributed by atoms with E-state index < -0.39 is 0 Å². The summed E-state index contributed by atoms with van der Waals surface area (Å²) in [7, 11) is 1.92. The molecule has 0 atom stereocenters. The standard InChI is InChI=1S/C15H22N4OS/c1-10-11-8-12(21-14(11)19(3)18-10)13(20)17-9-15(2)4-6-16-7-5-15/h8,16H,4-7,9H2,1-3H3,(H,17,20). The Kier molecular flexibility index (Phi) is 3.75. The fraction of sp³-hybridized carbons (Fsp3) is 0.600. The summed E-state index contributed by atoms with van der Waals surface area (Å²) in [6.45, 7) is 7.07. The van der Waals surface area contributed by atoms with Crippen LogP contribution in [0.5, 0.6) is 0 Å². The Hall–Kier alpha value is -1.40. The van der Waals surface area contributed by atoms with E-state index in [2.05, 4.69) is 22.7 Å². The summed E-state index contributed by atoms with van der Waals surface area (Å²) >= 11 is 1.51. The molecule has 0 radical (unpaired) electrons. The molecule has 5 nitrogen and oxygen atoms in total. The third kappa shape index (κ3) is 2.82. The summed E-state index contributed by atoms with van der Waals surface area (Å²) in [4.78, 5) is 14.2. The Morgan fingerprint density at radius 2 is 2.24 bits per heavy atom. The maximum atomic E-state index is 12.4. The van der Waals surface area contributed by atoms with Gasteiger partial charge in [0, 0.05) is 19.0 Å². The van der Waals surface area contributed by atoms with Gasteiger partial charge in [-0.3, -0.25) is 9.48 Å². The Morgan fingerprint density at radius 3 is 2.90 bits per heavy atom. The van der Waals surface area contributed by atoms with Gasteiger partial charge in [0.25, 0.3) is 5.91 Å². The number of nitrogens with zero attached hydrogens (tertiary/aromatic N) is 2. The number of amides is 1. The smallest absolute Gasteiger partial charge is 0.261 e. The molecular formula is C15H22N4OS. The van der Waals surface area contributed by atoms with Crippen molar-refractivity contribution in [1.29, 1.82) is 0 Å². The molecule has 6 heteroatoms. The quantitative estimate of drug-likeness (QED) is 0.912. The summed E-state index contributed by atoms with van der Waals surface area (Å²) < 4.78 is 1.85. The second-order valence-corrected chi connectivity index (χ2v) is 7.31. The highest BCUT2D eigenvalue weighted by Crippen LogP contribution is 2.29. The predicted octanol–water partition coefficient (Wildman–Crippen LogP) is 2.06. The number of thiophene rings is 1. The van der Waals surface area contributed by atoms with Crippen molar-refractivity contribution < 1.29 is 4.79 Å². The van der Waals surface area contributed by atoms with Crippen LogP contribution in [0.1, 0.15) is 35.1 Å². The van der Waals surface area contributed by atoms with Crippen molar-refractivity contribution in [1.82, 2.24) is 20.4 Å². The van der Waals surface area contributed by atoms with Gasteiger partial charge in [0.05, 0.1) is 10.6 Å². The van der Waals surface area contributed by atoms with Crippen LogP contribution < -0.4 is 10.6 Å². The number of nitrogens with one attached hydrogen (secondary N) is 2. The number of aryl methyl sites for hydroxylation is 2. The molecule has 1 fully saturated rings. The van der Waals surface area contributed by atoms with Crippen molar-refractivity contribution in [2.24, 2.45) is 12.5 Å². The SMILES string of the molecule is Cc1nn(C)c2sc(C(=O)NCC3(C)CCNCC3)cc12. The van der Waals surface area contributed by atoms with E-state index in [1.165, 1.54) is 11.3 Å². The third-order valence-electron chi connectivity index (χ3n) is 4.41. The minimum absolute atomic E-state index is 0.0374. The third-order valence-corrected chi connectivity index (χ3v) is 5.61. The van der Waals surface area contributed by atoms with Crippen molar-refractivity contribution >= 4 is 27.5 Å². The molecule has 1 aliphatic heterocycles. The lowest BCUT2D eigenvalue weighted by molar-refractivity contribution is 0.0926. The van der Waals surface area contributed by atoms with Gasteiger partial charge in [-0.1, -0.05) is 6.92 Å². The maximum absolute atomic E-state index is 12.4. The zero-order valence-corrected chi connectivity index (χ0v) is 13.6. The maximum Gasteiger partial charge on any atom is 0.261 e. The Balaban J connectivity index is 1.70. The second-order valence-electron chi connectivity index (χ2n) is 6.28. The van der Waals surface area contributed by atoms with Crippen molar-refractivity contribution in [3.05, 3.63) is 16.6 Å². The lowest BCUT2D eigenvalue weighted by Gasteiger charge is -2.34. The van der Waals surface area contributed by atoms with Gasteiger partial charge in [0.1, 0.15) is 4.83 Å². The van der Waals surface area contributed by atoms with Gasteiger partial charge in [-0.05, 0) is 44.3 Å². The van der Waals surface area contributed by atoms with E-state index in [-0.39, 0.29) is 11.3 Å². The van der Waals surface area contributed by atoms with Gasteiger partial charge in [0.2, 0.25) is 0 Å². The summed E-state index contributed by atoms with van der Waals surface area (Å²) in [5.41, 5.74) is 1.20. The zero-order chi connectivity index (χ0) is 15.0. The highest BCUT2D eigenvalue weighted by atomic mass is 32.1. The zero-order valence-electron chi connectivity index (χ0n) is 12.8. The number of carbonyl (C=O) groups excluding carboxylic acids is 1. The summed E-state index contributed by atoms with van der Waals surface area (Å²) in [6.07, 6.45) is 2.23. The molecule has 0 aliphatic carbocycles. The van der Waals surface area contributed by atoms with Gasteiger partial charge < -0.3 is 10.6 Å². The number of piperidine rings is 1. The number of rotatable bonds is 3. The summed E-state index contributed by atoms with van der Waals surface area (Å²) in [5, 5.41) is 11.9. The van der Waals surface area contributed by atoms with Gasteiger partial charge >= 0.3 is 0 Å². The summed E-state index contributed by atoms with van der Waals surface area (Å²) in [5.74, 6) is 0.0374. The molecule has 0 spiro atoms. The normalized spacial score (nSPS) is 18.0. The van der Waals surface area contributed by atoms with Crippen molar-refractivity contribution in [3.8, 4) is 0 Å². The molecule has 2 aromatic rings. The van der Waals surface area contributed by atoms with Crippen LogP contribution in [0.2, 0.25) is 0 Å². The number of fused-ring (bicyclic) bond motifs is 1. The van der Waals surface area contributed by atoms with Crippen LogP contribution in [-0.4, -0.2) is 35.3 Å². The second kappa shape index (κ2) is 5.42. The number of hydrogen-bond acceptors (Lipinski definition) is 4. The van der Waals surface area contributed by atoms with E-state index in [9.17, 15) is 4.79 Å². The topological polar surface area (TPSA) is 59.0 Å². The Bertz CT molecular complexity index is 632. The molecule has 1 aliphatic rings. The van der Waals surface area contributed by atoms with Crippen molar-refractivity contribution in [2.45, 2.75) is 26.7 Å². The van der Waals surface area contributed by atoms with E-state index in [1.807, 2.05) is 24.7 Å². The molecule has 0 aromatic carbocycles. The number of carbonyl (C=O) groups is 1. The van der Waals surface area contributed by atoms with Crippen LogP contribution >= 0.6 is 11.3 Å². The van der Waals surface area contributed by atoms with E-state index in [0.29, 0.717) is 0 Å². The molecule has 21 heavy (non-hydrogen) atoms. The van der Waals surface area contributed by atoms with Crippen LogP contribution in [0.4, 0.5) is 0 Å². The Labute approximate surface area is 128 Å². The van der Waals surface area contributed by atoms with Crippen LogP contribution in [0, 0.1) is 12.3 Å². The van der Waals surface area contributed by atoms with Crippen molar-refractivity contribution in [2.75, 3.05) is 19.6 Å². The highest BCUT2D eigenvalue weighted by Gasteiger charge is 2.27. The fourth-order valence-corrected chi connectivity index (χ4v) is 3.94. The van der Waals surface area contributed by atoms with Crippen LogP contribution in [0.25, 0.3) is 10.2 Å². The first kappa shape index (κ1) is 14.5. The number of aromatic nitrogens is 2. The molecule has 2 N–H and O–H groups in total. The molecule has 1 amide bonds. The Morgan fingerprint density at radius 1 is 1.52 bits per heavy atom. The molecule has 0 bridgehead atoms. The van der Waals surface area contributed by atoms with Gasteiger partial charge in [0.15, 0.2) is 0 Å². The lowest BCUT2D eigenvalue weighted by Crippen LogP contribution is -2.42. The van der Waals surface area contributed by atoms with Crippen molar-refractivity contribution in [3.63, 3.8) is 0 Å². The van der Waals surface area contributed by atoms with Crippen LogP contribution in [0.15, 0.2) is 6.07 Å². The van der Waals surface area contributed by atoms with Gasteiger partial charge in [-0.25, -0.2) is 0 Å².